The lowest BCUT2D eigenvalue weighted by atomic mass is 9.94. The maximum absolute atomic E-state index is 14.0. The van der Waals surface area contributed by atoms with Gasteiger partial charge in [0.15, 0.2) is 0 Å². The second kappa shape index (κ2) is 7.24. The number of alkyl halides is 1. The van der Waals surface area contributed by atoms with Crippen LogP contribution in [0.25, 0.3) is 0 Å². The maximum atomic E-state index is 14.0. The minimum absolute atomic E-state index is 0.785. The van der Waals surface area contributed by atoms with Crippen LogP contribution in [0.2, 0.25) is 0 Å². The third kappa shape index (κ3) is 6.92. The standard InChI is InChI=1S/C14H27F/c1-14(15)12-10-8-6-4-2-3-5-7-9-11-13-14/h2-13H2,1H3. The van der Waals surface area contributed by atoms with Crippen molar-refractivity contribution in [3.05, 3.63) is 0 Å². The van der Waals surface area contributed by atoms with Gasteiger partial charge in [-0.15, -0.1) is 0 Å². The van der Waals surface area contributed by atoms with Gasteiger partial charge in [-0.25, -0.2) is 4.39 Å². The van der Waals surface area contributed by atoms with Gasteiger partial charge >= 0.3 is 0 Å². The Morgan fingerprint density at radius 3 is 1.20 bits per heavy atom. The lowest BCUT2D eigenvalue weighted by molar-refractivity contribution is 0.151. The predicted octanol–water partition coefficient (Wildman–Crippen LogP) is 5.41. The molecule has 0 saturated heterocycles. The monoisotopic (exact) mass is 214 g/mol. The van der Waals surface area contributed by atoms with Crippen molar-refractivity contribution in [2.24, 2.45) is 0 Å². The highest BCUT2D eigenvalue weighted by atomic mass is 19.1. The zero-order chi connectivity index (χ0) is 11.0. The first-order valence-electron chi connectivity index (χ1n) is 6.90. The molecule has 0 nitrogen and oxygen atoms in total. The molecule has 1 aliphatic carbocycles. The van der Waals surface area contributed by atoms with Gasteiger partial charge in [0.25, 0.3) is 0 Å². The van der Waals surface area contributed by atoms with Crippen molar-refractivity contribution in [3.63, 3.8) is 0 Å². The van der Waals surface area contributed by atoms with E-state index in [0.29, 0.717) is 0 Å². The van der Waals surface area contributed by atoms with Crippen molar-refractivity contribution in [3.8, 4) is 0 Å². The average Bonchev–Trinajstić information content (AvgIpc) is 2.20. The fourth-order valence-electron chi connectivity index (χ4n) is 2.53. The Labute approximate surface area is 94.6 Å². The summed E-state index contributed by atoms with van der Waals surface area (Å²) in [5.41, 5.74) is -0.881. The smallest absolute Gasteiger partial charge is 0.108 e. The molecule has 15 heavy (non-hydrogen) atoms. The summed E-state index contributed by atoms with van der Waals surface area (Å²) < 4.78 is 14.0. The Kier molecular flexibility index (Phi) is 6.28. The van der Waals surface area contributed by atoms with E-state index in [1.54, 1.807) is 6.92 Å². The van der Waals surface area contributed by atoms with Gasteiger partial charge in [0.2, 0.25) is 0 Å². The van der Waals surface area contributed by atoms with Crippen LogP contribution in [0, 0.1) is 0 Å². The maximum Gasteiger partial charge on any atom is 0.108 e. The molecule has 0 bridgehead atoms. The van der Waals surface area contributed by atoms with Gasteiger partial charge < -0.3 is 0 Å². The largest absolute Gasteiger partial charge is 0.244 e. The SMILES string of the molecule is CC1(F)CCCCCCCCCCCC1. The second-order valence-corrected chi connectivity index (χ2v) is 5.45. The van der Waals surface area contributed by atoms with Crippen LogP contribution < -0.4 is 0 Å². The van der Waals surface area contributed by atoms with Crippen molar-refractivity contribution >= 4 is 0 Å². The highest BCUT2D eigenvalue weighted by Crippen LogP contribution is 2.27. The van der Waals surface area contributed by atoms with Gasteiger partial charge in [0.1, 0.15) is 5.67 Å². The zero-order valence-electron chi connectivity index (χ0n) is 10.4. The van der Waals surface area contributed by atoms with E-state index in [9.17, 15) is 4.39 Å². The van der Waals surface area contributed by atoms with Crippen LogP contribution in [0.5, 0.6) is 0 Å². The third-order valence-corrected chi connectivity index (χ3v) is 3.65. The first-order chi connectivity index (χ1) is 7.21. The number of halogens is 1. The molecule has 1 rings (SSSR count). The number of rotatable bonds is 0. The molecule has 0 spiro atoms. The molecular weight excluding hydrogens is 187 g/mol. The van der Waals surface area contributed by atoms with Gasteiger partial charge in [0.05, 0.1) is 0 Å². The Hall–Kier alpha value is -0.0700. The van der Waals surface area contributed by atoms with Gasteiger partial charge in [-0.2, -0.15) is 0 Å². The summed E-state index contributed by atoms with van der Waals surface area (Å²) in [6.07, 6.45) is 14.4. The summed E-state index contributed by atoms with van der Waals surface area (Å²) in [6, 6.07) is 0. The van der Waals surface area contributed by atoms with E-state index < -0.39 is 5.67 Å². The van der Waals surface area contributed by atoms with E-state index in [4.69, 9.17) is 0 Å². The highest BCUT2D eigenvalue weighted by Gasteiger charge is 2.21. The first-order valence-corrected chi connectivity index (χ1v) is 6.90. The molecule has 0 amide bonds. The van der Waals surface area contributed by atoms with Crippen LogP contribution >= 0.6 is 0 Å². The lowest BCUT2D eigenvalue weighted by Crippen LogP contribution is -2.17. The molecule has 0 aromatic rings. The third-order valence-electron chi connectivity index (χ3n) is 3.65. The molecule has 0 unspecified atom stereocenters. The van der Waals surface area contributed by atoms with Crippen LogP contribution in [-0.4, -0.2) is 5.67 Å². The van der Waals surface area contributed by atoms with Crippen molar-refractivity contribution in [1.82, 2.24) is 0 Å². The van der Waals surface area contributed by atoms with Crippen LogP contribution in [0.3, 0.4) is 0 Å². The normalized spacial score (nSPS) is 26.0. The van der Waals surface area contributed by atoms with Crippen molar-refractivity contribution in [2.75, 3.05) is 0 Å². The second-order valence-electron chi connectivity index (χ2n) is 5.45. The van der Waals surface area contributed by atoms with Crippen LogP contribution in [-0.2, 0) is 0 Å². The summed E-state index contributed by atoms with van der Waals surface area (Å²) in [6.45, 7) is 1.80. The van der Waals surface area contributed by atoms with Crippen molar-refractivity contribution in [2.45, 2.75) is 89.6 Å². The highest BCUT2D eigenvalue weighted by molar-refractivity contribution is 4.73. The molecule has 0 heterocycles. The van der Waals surface area contributed by atoms with E-state index in [1.165, 1.54) is 51.4 Å². The Balaban J connectivity index is 2.24. The van der Waals surface area contributed by atoms with Gasteiger partial charge in [-0.3, -0.25) is 0 Å². The summed E-state index contributed by atoms with van der Waals surface area (Å²) in [7, 11) is 0. The summed E-state index contributed by atoms with van der Waals surface area (Å²) in [5, 5.41) is 0. The van der Waals surface area contributed by atoms with Crippen molar-refractivity contribution < 1.29 is 4.39 Å². The molecular formula is C14H27F. The van der Waals surface area contributed by atoms with E-state index in [0.717, 1.165) is 25.7 Å². The zero-order valence-corrected chi connectivity index (χ0v) is 10.4. The van der Waals surface area contributed by atoms with E-state index >= 15 is 0 Å². The first kappa shape index (κ1) is 13.0. The molecule has 0 radical (unpaired) electrons. The van der Waals surface area contributed by atoms with Crippen LogP contribution in [0.4, 0.5) is 4.39 Å². The summed E-state index contributed by atoms with van der Waals surface area (Å²) >= 11 is 0. The Bertz CT molecular complexity index is 135. The van der Waals surface area contributed by atoms with Crippen LogP contribution in [0.15, 0.2) is 0 Å². The molecule has 0 atom stereocenters. The van der Waals surface area contributed by atoms with Crippen molar-refractivity contribution in [1.29, 1.82) is 0 Å². The Morgan fingerprint density at radius 2 is 0.867 bits per heavy atom. The topological polar surface area (TPSA) is 0 Å². The van der Waals surface area contributed by atoms with Crippen LogP contribution in [0.1, 0.15) is 84.0 Å². The molecule has 1 saturated carbocycles. The lowest BCUT2D eigenvalue weighted by Gasteiger charge is -2.19. The molecule has 0 aromatic heterocycles. The quantitative estimate of drug-likeness (QED) is 0.506. The molecule has 1 aliphatic rings. The van der Waals surface area contributed by atoms with E-state index in [1.807, 2.05) is 0 Å². The average molecular weight is 214 g/mol. The van der Waals surface area contributed by atoms with Gasteiger partial charge in [0, 0.05) is 0 Å². The molecule has 1 heteroatoms. The minimum atomic E-state index is -0.881. The van der Waals surface area contributed by atoms with E-state index in [-0.39, 0.29) is 0 Å². The predicted molar refractivity (Wildman–Crippen MR) is 64.9 cm³/mol. The molecule has 0 aliphatic heterocycles. The minimum Gasteiger partial charge on any atom is -0.244 e. The fraction of sp³-hybridized carbons (Fsp3) is 1.00. The van der Waals surface area contributed by atoms with E-state index in [2.05, 4.69) is 0 Å². The molecule has 0 aromatic carbocycles. The fourth-order valence-corrected chi connectivity index (χ4v) is 2.53. The molecule has 90 valence electrons. The van der Waals surface area contributed by atoms with Gasteiger partial charge in [-0.05, 0) is 19.8 Å². The summed E-state index contributed by atoms with van der Waals surface area (Å²) in [4.78, 5) is 0. The number of hydrogen-bond acceptors (Lipinski definition) is 0. The number of hydrogen-bond donors (Lipinski definition) is 0. The van der Waals surface area contributed by atoms with Gasteiger partial charge in [-0.1, -0.05) is 64.2 Å². The molecule has 1 fully saturated rings. The Morgan fingerprint density at radius 1 is 0.600 bits per heavy atom. The molecule has 0 N–H and O–H groups in total. The summed E-state index contributed by atoms with van der Waals surface area (Å²) in [5.74, 6) is 0.